The number of esters is 1. The molecular formula is C16H19FO3. The molecule has 20 heavy (non-hydrogen) atoms. The Labute approximate surface area is 118 Å². The first kappa shape index (κ1) is 14.6. The third kappa shape index (κ3) is 3.59. The van der Waals surface area contributed by atoms with E-state index in [1.807, 2.05) is 31.2 Å². The largest absolute Gasteiger partial charge is 0.494 e. The Morgan fingerprint density at radius 1 is 1.40 bits per heavy atom. The van der Waals surface area contributed by atoms with Crippen LogP contribution >= 0.6 is 0 Å². The first-order valence-corrected chi connectivity index (χ1v) is 6.84. The van der Waals surface area contributed by atoms with Gasteiger partial charge in [-0.2, -0.15) is 4.39 Å². The van der Waals surface area contributed by atoms with Crippen LogP contribution in [-0.2, 0) is 9.53 Å². The van der Waals surface area contributed by atoms with Crippen molar-refractivity contribution in [2.24, 2.45) is 5.92 Å². The summed E-state index contributed by atoms with van der Waals surface area (Å²) in [6.07, 6.45) is 3.49. The number of hydrogen-bond donors (Lipinski definition) is 0. The monoisotopic (exact) mass is 278 g/mol. The smallest absolute Gasteiger partial charge is 0.366 e. The van der Waals surface area contributed by atoms with Gasteiger partial charge in [-0.1, -0.05) is 12.1 Å². The summed E-state index contributed by atoms with van der Waals surface area (Å²) in [6.45, 7) is 2.54. The molecule has 0 spiro atoms. The van der Waals surface area contributed by atoms with Crippen molar-refractivity contribution in [2.75, 3.05) is 13.7 Å². The van der Waals surface area contributed by atoms with Crippen molar-refractivity contribution in [1.29, 1.82) is 0 Å². The highest BCUT2D eigenvalue weighted by Gasteiger charge is 2.32. The van der Waals surface area contributed by atoms with Gasteiger partial charge in [0.05, 0.1) is 13.7 Å². The van der Waals surface area contributed by atoms with Crippen LogP contribution in [-0.4, -0.2) is 19.7 Å². The van der Waals surface area contributed by atoms with E-state index in [4.69, 9.17) is 4.74 Å². The van der Waals surface area contributed by atoms with E-state index in [0.717, 1.165) is 24.2 Å². The highest BCUT2D eigenvalue weighted by molar-refractivity contribution is 5.86. The number of hydrogen-bond acceptors (Lipinski definition) is 3. The van der Waals surface area contributed by atoms with Gasteiger partial charge in [-0.05, 0) is 49.5 Å². The summed E-state index contributed by atoms with van der Waals surface area (Å²) < 4.78 is 23.5. The lowest BCUT2D eigenvalue weighted by Crippen LogP contribution is -2.05. The minimum Gasteiger partial charge on any atom is -0.494 e. The molecule has 108 valence electrons. The number of carbonyl (C=O) groups excluding carboxylic acids is 1. The SMILES string of the molecule is CCOc1ccc(C(C=C(F)C(=O)OC)C2CC2)cc1. The third-order valence-electron chi connectivity index (χ3n) is 3.41. The van der Waals surface area contributed by atoms with E-state index in [9.17, 15) is 9.18 Å². The van der Waals surface area contributed by atoms with Crippen LogP contribution in [0.3, 0.4) is 0 Å². The van der Waals surface area contributed by atoms with E-state index in [-0.39, 0.29) is 5.92 Å². The van der Waals surface area contributed by atoms with Gasteiger partial charge in [0.2, 0.25) is 5.83 Å². The topological polar surface area (TPSA) is 35.5 Å². The van der Waals surface area contributed by atoms with Crippen LogP contribution in [0, 0.1) is 5.92 Å². The number of rotatable bonds is 6. The van der Waals surface area contributed by atoms with Crippen LogP contribution in [0.4, 0.5) is 4.39 Å². The maximum Gasteiger partial charge on any atom is 0.366 e. The van der Waals surface area contributed by atoms with Gasteiger partial charge in [0.1, 0.15) is 5.75 Å². The zero-order valence-corrected chi connectivity index (χ0v) is 11.8. The fraction of sp³-hybridized carbons (Fsp3) is 0.438. The molecule has 4 heteroatoms. The summed E-state index contributed by atoms with van der Waals surface area (Å²) in [5, 5.41) is 0. The molecular weight excluding hydrogens is 259 g/mol. The number of halogens is 1. The van der Waals surface area contributed by atoms with Crippen LogP contribution in [0.15, 0.2) is 36.2 Å². The van der Waals surface area contributed by atoms with Gasteiger partial charge in [0.15, 0.2) is 0 Å². The quantitative estimate of drug-likeness (QED) is 0.589. The lowest BCUT2D eigenvalue weighted by Gasteiger charge is -2.13. The lowest BCUT2D eigenvalue weighted by atomic mass is 9.93. The van der Waals surface area contributed by atoms with E-state index >= 15 is 0 Å². The summed E-state index contributed by atoms with van der Waals surface area (Å²) in [5.74, 6) is -0.615. The van der Waals surface area contributed by atoms with Crippen molar-refractivity contribution in [3.63, 3.8) is 0 Å². The second kappa shape index (κ2) is 6.55. The van der Waals surface area contributed by atoms with Crippen molar-refractivity contribution in [3.05, 3.63) is 41.7 Å². The molecule has 1 atom stereocenters. The maximum absolute atomic E-state index is 13.7. The van der Waals surface area contributed by atoms with E-state index < -0.39 is 11.8 Å². The summed E-state index contributed by atoms with van der Waals surface area (Å²) in [6, 6.07) is 7.60. The van der Waals surface area contributed by atoms with Gasteiger partial charge in [-0.15, -0.1) is 0 Å². The second-order valence-electron chi connectivity index (χ2n) is 4.87. The Hall–Kier alpha value is -1.84. The predicted molar refractivity (Wildman–Crippen MR) is 74.3 cm³/mol. The van der Waals surface area contributed by atoms with Crippen LogP contribution < -0.4 is 4.74 Å². The van der Waals surface area contributed by atoms with E-state index in [2.05, 4.69) is 4.74 Å². The highest BCUT2D eigenvalue weighted by Crippen LogP contribution is 2.44. The van der Waals surface area contributed by atoms with E-state index in [1.54, 1.807) is 0 Å². The molecule has 0 aromatic heterocycles. The molecule has 1 fully saturated rings. The van der Waals surface area contributed by atoms with Gasteiger partial charge in [0, 0.05) is 5.92 Å². The van der Waals surface area contributed by atoms with Crippen LogP contribution in [0.25, 0.3) is 0 Å². The molecule has 0 N–H and O–H groups in total. The molecule has 1 unspecified atom stereocenters. The Balaban J connectivity index is 2.18. The van der Waals surface area contributed by atoms with Gasteiger partial charge in [0.25, 0.3) is 0 Å². The molecule has 1 aromatic carbocycles. The summed E-state index contributed by atoms with van der Waals surface area (Å²) >= 11 is 0. The van der Waals surface area contributed by atoms with Crippen LogP contribution in [0.1, 0.15) is 31.2 Å². The number of methoxy groups -OCH3 is 1. The Bertz CT molecular complexity index is 489. The minimum atomic E-state index is -0.915. The Morgan fingerprint density at radius 2 is 2.05 bits per heavy atom. The summed E-state index contributed by atoms with van der Waals surface area (Å²) in [5.41, 5.74) is 0.995. The molecule has 3 nitrogen and oxygen atoms in total. The van der Waals surface area contributed by atoms with Gasteiger partial charge >= 0.3 is 5.97 Å². The predicted octanol–water partition coefficient (Wildman–Crippen LogP) is 3.61. The molecule has 1 aliphatic carbocycles. The molecule has 0 heterocycles. The Kier molecular flexibility index (Phi) is 4.77. The van der Waals surface area contributed by atoms with E-state index in [0.29, 0.717) is 12.5 Å². The number of benzene rings is 1. The van der Waals surface area contributed by atoms with Crippen molar-refractivity contribution in [2.45, 2.75) is 25.7 Å². The fourth-order valence-corrected chi connectivity index (χ4v) is 2.24. The molecule has 0 aliphatic heterocycles. The van der Waals surface area contributed by atoms with Crippen molar-refractivity contribution < 1.29 is 18.7 Å². The number of ether oxygens (including phenoxy) is 2. The Morgan fingerprint density at radius 3 is 2.55 bits per heavy atom. The van der Waals surface area contributed by atoms with Gasteiger partial charge in [-0.3, -0.25) is 0 Å². The lowest BCUT2D eigenvalue weighted by molar-refractivity contribution is -0.137. The third-order valence-corrected chi connectivity index (χ3v) is 3.41. The van der Waals surface area contributed by atoms with Crippen LogP contribution in [0.5, 0.6) is 5.75 Å². The molecule has 0 radical (unpaired) electrons. The number of allylic oxidation sites excluding steroid dienone is 1. The number of carbonyl (C=O) groups is 1. The molecule has 0 bridgehead atoms. The highest BCUT2D eigenvalue weighted by atomic mass is 19.1. The summed E-state index contributed by atoms with van der Waals surface area (Å²) in [7, 11) is 1.18. The van der Waals surface area contributed by atoms with Crippen molar-refractivity contribution in [3.8, 4) is 5.75 Å². The first-order chi connectivity index (χ1) is 9.65. The first-order valence-electron chi connectivity index (χ1n) is 6.84. The van der Waals surface area contributed by atoms with Crippen LogP contribution in [0.2, 0.25) is 0 Å². The normalized spacial score (nSPS) is 16.6. The zero-order chi connectivity index (χ0) is 14.5. The maximum atomic E-state index is 13.7. The standard InChI is InChI=1S/C16H19FO3/c1-3-20-13-8-6-12(7-9-13)14(11-4-5-11)10-15(17)16(18)19-2/h6-11,14H,3-5H2,1-2H3. The average Bonchev–Trinajstić information content (AvgIpc) is 3.29. The average molecular weight is 278 g/mol. The molecule has 1 saturated carbocycles. The van der Waals surface area contributed by atoms with Crippen molar-refractivity contribution in [1.82, 2.24) is 0 Å². The zero-order valence-electron chi connectivity index (χ0n) is 11.8. The molecule has 0 amide bonds. The fourth-order valence-electron chi connectivity index (χ4n) is 2.24. The molecule has 1 aromatic rings. The van der Waals surface area contributed by atoms with Gasteiger partial charge in [-0.25, -0.2) is 4.79 Å². The minimum absolute atomic E-state index is 0.0789. The molecule has 2 rings (SSSR count). The molecule has 0 saturated heterocycles. The summed E-state index contributed by atoms with van der Waals surface area (Å²) in [4.78, 5) is 11.2. The van der Waals surface area contributed by atoms with Crippen molar-refractivity contribution >= 4 is 5.97 Å². The van der Waals surface area contributed by atoms with Gasteiger partial charge < -0.3 is 9.47 Å². The van der Waals surface area contributed by atoms with E-state index in [1.165, 1.54) is 13.2 Å². The molecule has 1 aliphatic rings. The second-order valence-corrected chi connectivity index (χ2v) is 4.87.